The van der Waals surface area contributed by atoms with Crippen LogP contribution in [0, 0.1) is 0 Å². The number of benzene rings is 2. The van der Waals surface area contributed by atoms with Crippen molar-refractivity contribution in [3.05, 3.63) is 60.0 Å². The number of ether oxygens (including phenoxy) is 2. The van der Waals surface area contributed by atoms with E-state index < -0.39 is 15.9 Å². The lowest BCUT2D eigenvalue weighted by atomic mass is 10.2. The molecule has 0 bridgehead atoms. The normalized spacial score (nSPS) is 13.2. The number of rotatable bonds is 7. The van der Waals surface area contributed by atoms with Crippen LogP contribution in [0.4, 0.5) is 5.69 Å². The second kappa shape index (κ2) is 9.31. The van der Waals surface area contributed by atoms with E-state index in [0.717, 1.165) is 25.4 Å². The van der Waals surface area contributed by atoms with E-state index in [0.29, 0.717) is 30.4 Å². The highest BCUT2D eigenvalue weighted by Gasteiger charge is 2.25. The van der Waals surface area contributed by atoms with Crippen LogP contribution in [0.3, 0.4) is 0 Å². The van der Waals surface area contributed by atoms with Crippen LogP contribution in [0.1, 0.15) is 0 Å². The quantitative estimate of drug-likeness (QED) is 0.556. The number of amides is 1. The van der Waals surface area contributed by atoms with Crippen molar-refractivity contribution in [3.8, 4) is 11.5 Å². The Hall–Kier alpha value is -2.53. The van der Waals surface area contributed by atoms with Crippen molar-refractivity contribution in [3.63, 3.8) is 0 Å². The number of thiophene rings is 1. The van der Waals surface area contributed by atoms with Crippen LogP contribution < -0.4 is 14.8 Å². The molecular weight excluding hydrogens is 456 g/mol. The Morgan fingerprint density at radius 2 is 1.81 bits per heavy atom. The number of anilines is 1. The van der Waals surface area contributed by atoms with Gasteiger partial charge in [0.05, 0.1) is 12.2 Å². The first kappa shape index (κ1) is 21.7. The van der Waals surface area contributed by atoms with Gasteiger partial charge in [0.15, 0.2) is 11.5 Å². The van der Waals surface area contributed by atoms with Crippen molar-refractivity contribution >= 4 is 44.7 Å². The highest BCUT2D eigenvalue weighted by atomic mass is 32.2. The van der Waals surface area contributed by atoms with E-state index in [-0.39, 0.29) is 10.8 Å². The lowest BCUT2D eigenvalue weighted by Gasteiger charge is -2.22. The summed E-state index contributed by atoms with van der Waals surface area (Å²) in [4.78, 5) is 14.5. The van der Waals surface area contributed by atoms with Gasteiger partial charge >= 0.3 is 0 Å². The smallest absolute Gasteiger partial charge is 0.252 e. The average molecular weight is 477 g/mol. The van der Waals surface area contributed by atoms with Gasteiger partial charge in [-0.15, -0.1) is 11.3 Å². The summed E-state index contributed by atoms with van der Waals surface area (Å²) in [7, 11) is -2.33. The summed E-state index contributed by atoms with van der Waals surface area (Å²) in [6.07, 6.45) is 0. The van der Waals surface area contributed by atoms with Gasteiger partial charge in [0.2, 0.25) is 5.91 Å². The number of carbonyl (C=O) groups is 1. The van der Waals surface area contributed by atoms with E-state index in [1.807, 2.05) is 36.4 Å². The zero-order valence-corrected chi connectivity index (χ0v) is 19.1. The third-order valence-electron chi connectivity index (χ3n) is 4.42. The van der Waals surface area contributed by atoms with Crippen LogP contribution in [0.2, 0.25) is 0 Å². The molecule has 4 rings (SSSR count). The number of likely N-dealkylation sites (N-methyl/N-ethyl adjacent to an activating group) is 1. The van der Waals surface area contributed by atoms with Crippen molar-refractivity contribution in [2.75, 3.05) is 32.1 Å². The molecule has 0 spiro atoms. The minimum atomic E-state index is -3.71. The Kier molecular flexibility index (Phi) is 6.51. The largest absolute Gasteiger partial charge is 0.486 e. The van der Waals surface area contributed by atoms with Gasteiger partial charge in [-0.25, -0.2) is 8.42 Å². The molecule has 0 aliphatic carbocycles. The zero-order valence-electron chi connectivity index (χ0n) is 16.6. The topological polar surface area (TPSA) is 84.9 Å². The highest BCUT2D eigenvalue weighted by molar-refractivity contribution is 7.99. The molecule has 1 N–H and O–H groups in total. The maximum absolute atomic E-state index is 12.7. The predicted molar refractivity (Wildman–Crippen MR) is 121 cm³/mol. The van der Waals surface area contributed by atoms with Crippen LogP contribution in [0.15, 0.2) is 74.0 Å². The summed E-state index contributed by atoms with van der Waals surface area (Å²) in [5.74, 6) is 0.702. The maximum atomic E-state index is 12.7. The fraction of sp³-hybridized carbons (Fsp3) is 0.190. The van der Waals surface area contributed by atoms with E-state index >= 15 is 0 Å². The molecule has 0 fully saturated rings. The standard InChI is InChI=1S/C21H20N2O5S3/c1-23(31(25,26)21-8-5-11-29-21)14-20(24)22-16-12-17-18(28-10-9-27-17)13-19(16)30-15-6-3-2-4-7-15/h2-8,11-13H,9-10,14H2,1H3,(H,22,24). The molecule has 0 radical (unpaired) electrons. The van der Waals surface area contributed by atoms with Gasteiger partial charge in [-0.1, -0.05) is 36.0 Å². The summed E-state index contributed by atoms with van der Waals surface area (Å²) < 4.78 is 37.7. The van der Waals surface area contributed by atoms with Crippen LogP contribution in [0.5, 0.6) is 11.5 Å². The fourth-order valence-corrected chi connectivity index (χ4v) is 6.17. The molecule has 0 saturated heterocycles. The monoisotopic (exact) mass is 476 g/mol. The molecule has 31 heavy (non-hydrogen) atoms. The fourth-order valence-electron chi connectivity index (χ4n) is 2.91. The molecule has 162 valence electrons. The maximum Gasteiger partial charge on any atom is 0.252 e. The van der Waals surface area contributed by atoms with Crippen LogP contribution in [-0.2, 0) is 14.8 Å². The summed E-state index contributed by atoms with van der Waals surface area (Å²) in [6, 6.07) is 16.5. The Labute approximate surface area is 189 Å². The molecule has 1 aromatic heterocycles. The molecule has 0 saturated carbocycles. The Balaban J connectivity index is 1.55. The summed E-state index contributed by atoms with van der Waals surface area (Å²) in [6.45, 7) is 0.566. The molecule has 7 nitrogen and oxygen atoms in total. The van der Waals surface area contributed by atoms with Gasteiger partial charge in [-0.05, 0) is 23.6 Å². The molecule has 3 aromatic rings. The number of nitrogens with zero attached hydrogens (tertiary/aromatic N) is 1. The number of carbonyl (C=O) groups excluding carboxylic acids is 1. The number of sulfonamides is 1. The number of hydrogen-bond acceptors (Lipinski definition) is 7. The molecule has 0 unspecified atom stereocenters. The van der Waals surface area contributed by atoms with Crippen LogP contribution in [0.25, 0.3) is 0 Å². The number of fused-ring (bicyclic) bond motifs is 1. The van der Waals surface area contributed by atoms with E-state index in [1.165, 1.54) is 24.9 Å². The van der Waals surface area contributed by atoms with E-state index in [4.69, 9.17) is 9.47 Å². The lowest BCUT2D eigenvalue weighted by molar-refractivity contribution is -0.116. The minimum absolute atomic E-state index is 0.197. The highest BCUT2D eigenvalue weighted by Crippen LogP contribution is 2.42. The minimum Gasteiger partial charge on any atom is -0.486 e. The average Bonchev–Trinajstić information content (AvgIpc) is 3.30. The van der Waals surface area contributed by atoms with E-state index in [2.05, 4.69) is 5.32 Å². The Morgan fingerprint density at radius 1 is 1.10 bits per heavy atom. The lowest BCUT2D eigenvalue weighted by Crippen LogP contribution is -2.34. The van der Waals surface area contributed by atoms with Crippen LogP contribution >= 0.6 is 23.1 Å². The number of nitrogens with one attached hydrogen (secondary N) is 1. The Bertz CT molecular complexity index is 1170. The van der Waals surface area contributed by atoms with Crippen LogP contribution in [-0.4, -0.2) is 45.4 Å². The molecule has 1 aliphatic heterocycles. The molecule has 10 heteroatoms. The molecule has 2 aromatic carbocycles. The van der Waals surface area contributed by atoms with Crippen molar-refractivity contribution in [2.24, 2.45) is 0 Å². The second-order valence-corrected chi connectivity index (χ2v) is 11.0. The molecule has 0 atom stereocenters. The molecule has 1 aliphatic rings. The van der Waals surface area contributed by atoms with Crippen molar-refractivity contribution in [1.29, 1.82) is 0 Å². The molecule has 1 amide bonds. The first-order chi connectivity index (χ1) is 14.9. The van der Waals surface area contributed by atoms with Gasteiger partial charge in [0, 0.05) is 29.0 Å². The van der Waals surface area contributed by atoms with E-state index in [9.17, 15) is 13.2 Å². The zero-order chi connectivity index (χ0) is 21.8. The third kappa shape index (κ3) is 5.04. The predicted octanol–water partition coefficient (Wildman–Crippen LogP) is 3.93. The first-order valence-corrected chi connectivity index (χ1v) is 12.5. The first-order valence-electron chi connectivity index (χ1n) is 9.40. The van der Waals surface area contributed by atoms with Gasteiger partial charge in [0.1, 0.15) is 17.4 Å². The summed E-state index contributed by atoms with van der Waals surface area (Å²) in [5, 5.41) is 4.51. The summed E-state index contributed by atoms with van der Waals surface area (Å²) in [5.41, 5.74) is 0.532. The van der Waals surface area contributed by atoms with Gasteiger partial charge in [-0.2, -0.15) is 4.31 Å². The third-order valence-corrected chi connectivity index (χ3v) is 8.66. The molecular formula is C21H20N2O5S3. The SMILES string of the molecule is CN(CC(=O)Nc1cc2c(cc1Sc1ccccc1)OCCO2)S(=O)(=O)c1cccs1. The summed E-state index contributed by atoms with van der Waals surface area (Å²) >= 11 is 2.58. The Morgan fingerprint density at radius 3 is 2.48 bits per heavy atom. The second-order valence-electron chi connectivity index (χ2n) is 6.65. The molecule has 2 heterocycles. The van der Waals surface area contributed by atoms with Crippen molar-refractivity contribution in [2.45, 2.75) is 14.0 Å². The van der Waals surface area contributed by atoms with Crippen molar-refractivity contribution < 1.29 is 22.7 Å². The van der Waals surface area contributed by atoms with E-state index in [1.54, 1.807) is 17.5 Å². The van der Waals surface area contributed by atoms with Gasteiger partial charge in [-0.3, -0.25) is 4.79 Å². The van der Waals surface area contributed by atoms with Crippen molar-refractivity contribution in [1.82, 2.24) is 4.31 Å². The van der Waals surface area contributed by atoms with Gasteiger partial charge < -0.3 is 14.8 Å². The number of hydrogen-bond donors (Lipinski definition) is 1. The van der Waals surface area contributed by atoms with Gasteiger partial charge in [0.25, 0.3) is 10.0 Å².